The van der Waals surface area contributed by atoms with E-state index in [-0.39, 0.29) is 27.6 Å². The van der Waals surface area contributed by atoms with Crippen LogP contribution in [0.2, 0.25) is 0 Å². The SMILES string of the molecule is [2H]c1c([2H])c([2H])c2c(c1[2H])c1c([2H])c([2H])c([2H])c([2H])c1n2-c1c(-c2cc(-c3ccccc3)cc(-c3ccccc3)c2)cccc1-c1nc(-c2ccccc2)nc(-c2ccc3c(c2)sc2ccccc23)n1. The topological polar surface area (TPSA) is 43.6 Å². The predicted molar refractivity (Wildman–Crippen MR) is 260 cm³/mol. The highest BCUT2D eigenvalue weighted by Gasteiger charge is 2.23. The summed E-state index contributed by atoms with van der Waals surface area (Å²) in [6.45, 7) is 0. The van der Waals surface area contributed by atoms with Crippen LogP contribution in [-0.4, -0.2) is 19.5 Å². The average Bonchev–Trinajstić information content (AvgIpc) is 3.97. The molecule has 0 atom stereocenters. The van der Waals surface area contributed by atoms with E-state index in [1.54, 1.807) is 15.9 Å². The van der Waals surface area contributed by atoms with E-state index in [1.807, 2.05) is 127 Å². The number of thiophene rings is 1. The molecular weight excluding hydrogens is 773 g/mol. The van der Waals surface area contributed by atoms with Gasteiger partial charge in [0.2, 0.25) is 0 Å². The molecule has 0 N–H and O–H groups in total. The normalized spacial score (nSPS) is 13.4. The van der Waals surface area contributed by atoms with Crippen LogP contribution >= 0.6 is 11.3 Å². The van der Waals surface area contributed by atoms with Crippen LogP contribution in [0.1, 0.15) is 11.0 Å². The van der Waals surface area contributed by atoms with Crippen molar-refractivity contribution in [3.63, 3.8) is 0 Å². The van der Waals surface area contributed by atoms with Gasteiger partial charge in [-0.25, -0.2) is 15.0 Å². The minimum absolute atomic E-state index is 0.0167. The first-order chi connectivity index (χ1) is 34.0. The monoisotopic (exact) mass is 816 g/mol. The number of aromatic nitrogens is 4. The standard InChI is InChI=1S/C57H36N4S/c1-4-17-37(18-5-1)41-33-42(38-19-6-2-7-20-38)35-43(34-41)44-26-16-27-49(54(44)61-50-28-13-10-23-45(50)46-24-11-14-29-51(46)61)57-59-55(39-21-8-3-9-22-39)58-56(60-57)40-31-32-48-47-25-12-15-30-52(47)62-53(48)36-40/h1-36H/i10D,11D,13D,14D,23D,24D,28D,29D. The Hall–Kier alpha value is -7.99. The van der Waals surface area contributed by atoms with Crippen LogP contribution in [0.5, 0.6) is 0 Å². The molecule has 0 bridgehead atoms. The number of rotatable bonds is 7. The zero-order valence-corrected chi connectivity index (χ0v) is 33.7. The van der Waals surface area contributed by atoms with E-state index in [0.717, 1.165) is 59.1 Å². The molecule has 0 unspecified atom stereocenters. The third-order valence-corrected chi connectivity index (χ3v) is 12.4. The molecule has 0 aliphatic carbocycles. The molecule has 0 fully saturated rings. The molecule has 0 radical (unpaired) electrons. The highest BCUT2D eigenvalue weighted by Crippen LogP contribution is 2.43. The van der Waals surface area contributed by atoms with E-state index in [1.165, 1.54) is 0 Å². The fourth-order valence-corrected chi connectivity index (χ4v) is 9.57. The predicted octanol–water partition coefficient (Wildman–Crippen LogP) is 15.3. The van der Waals surface area contributed by atoms with Crippen LogP contribution in [0, 0.1) is 0 Å². The molecule has 12 rings (SSSR count). The van der Waals surface area contributed by atoms with E-state index >= 15 is 0 Å². The minimum atomic E-state index is -0.522. The number of para-hydroxylation sites is 3. The quantitative estimate of drug-likeness (QED) is 0.161. The van der Waals surface area contributed by atoms with Gasteiger partial charge in [-0.2, -0.15) is 0 Å². The zero-order valence-electron chi connectivity index (χ0n) is 40.9. The lowest BCUT2D eigenvalue weighted by Crippen LogP contribution is -2.05. The molecule has 5 heteroatoms. The highest BCUT2D eigenvalue weighted by molar-refractivity contribution is 7.25. The molecule has 0 aliphatic rings. The summed E-state index contributed by atoms with van der Waals surface area (Å²) >= 11 is 1.68. The molecule has 0 saturated heterocycles. The number of nitrogens with zero attached hydrogens (tertiary/aromatic N) is 4. The first-order valence-corrected chi connectivity index (χ1v) is 21.0. The second-order valence-electron chi connectivity index (χ2n) is 15.0. The smallest absolute Gasteiger partial charge is 0.166 e. The summed E-state index contributed by atoms with van der Waals surface area (Å²) in [7, 11) is 0. The fraction of sp³-hybridized carbons (Fsp3) is 0. The molecule has 4 nitrogen and oxygen atoms in total. The Bertz CT molecular complexity index is 3970. The van der Waals surface area contributed by atoms with Crippen molar-refractivity contribution in [2.45, 2.75) is 0 Å². The molecule has 290 valence electrons. The Balaban J connectivity index is 1.24. The van der Waals surface area contributed by atoms with Gasteiger partial charge in [-0.3, -0.25) is 0 Å². The largest absolute Gasteiger partial charge is 0.308 e. The Kier molecular flexibility index (Phi) is 6.86. The summed E-state index contributed by atoms with van der Waals surface area (Å²) in [5.41, 5.74) is 7.27. The summed E-state index contributed by atoms with van der Waals surface area (Å²) in [6, 6.07) is 52.3. The Morgan fingerprint density at radius 1 is 0.355 bits per heavy atom. The first-order valence-electron chi connectivity index (χ1n) is 24.2. The van der Waals surface area contributed by atoms with Crippen LogP contribution in [0.25, 0.3) is 115 Å². The van der Waals surface area contributed by atoms with E-state index in [4.69, 9.17) is 20.4 Å². The molecular formula is C57H36N4S. The lowest BCUT2D eigenvalue weighted by molar-refractivity contribution is 1.07. The van der Waals surface area contributed by atoms with Crippen molar-refractivity contribution in [3.05, 3.63) is 218 Å². The second kappa shape index (κ2) is 14.9. The summed E-state index contributed by atoms with van der Waals surface area (Å²) in [6.07, 6.45) is 0. The van der Waals surface area contributed by atoms with Gasteiger partial charge in [-0.1, -0.05) is 170 Å². The number of benzene rings is 9. The van der Waals surface area contributed by atoms with Crippen molar-refractivity contribution < 1.29 is 11.0 Å². The van der Waals surface area contributed by atoms with Crippen LogP contribution < -0.4 is 0 Å². The molecule has 62 heavy (non-hydrogen) atoms. The zero-order chi connectivity index (χ0) is 47.9. The van der Waals surface area contributed by atoms with Gasteiger partial charge in [0.1, 0.15) is 0 Å². The van der Waals surface area contributed by atoms with E-state index < -0.39 is 48.3 Å². The Labute approximate surface area is 374 Å². The van der Waals surface area contributed by atoms with Crippen molar-refractivity contribution in [2.24, 2.45) is 0 Å². The maximum atomic E-state index is 9.57. The molecule has 9 aromatic carbocycles. The summed E-state index contributed by atoms with van der Waals surface area (Å²) in [5.74, 6) is 1.01. The van der Waals surface area contributed by atoms with Crippen molar-refractivity contribution in [1.29, 1.82) is 0 Å². The third-order valence-electron chi connectivity index (χ3n) is 11.3. The third kappa shape index (κ3) is 6.18. The van der Waals surface area contributed by atoms with Crippen molar-refractivity contribution in [1.82, 2.24) is 19.5 Å². The van der Waals surface area contributed by atoms with Gasteiger partial charge >= 0.3 is 0 Å². The lowest BCUT2D eigenvalue weighted by atomic mass is 9.91. The fourth-order valence-electron chi connectivity index (χ4n) is 8.43. The van der Waals surface area contributed by atoms with Gasteiger partial charge in [-0.05, 0) is 76.3 Å². The van der Waals surface area contributed by atoms with E-state index in [9.17, 15) is 5.48 Å². The van der Waals surface area contributed by atoms with E-state index in [0.29, 0.717) is 28.5 Å². The molecule has 3 heterocycles. The Morgan fingerprint density at radius 3 is 1.53 bits per heavy atom. The second-order valence-corrected chi connectivity index (χ2v) is 16.1. The summed E-state index contributed by atoms with van der Waals surface area (Å²) in [4.78, 5) is 15.6. The molecule has 12 aromatic rings. The number of hydrogen-bond donors (Lipinski definition) is 0. The average molecular weight is 817 g/mol. The van der Waals surface area contributed by atoms with Crippen LogP contribution in [0.3, 0.4) is 0 Å². The first kappa shape index (κ1) is 28.5. The van der Waals surface area contributed by atoms with Crippen molar-refractivity contribution >= 4 is 53.3 Å². The van der Waals surface area contributed by atoms with Crippen LogP contribution in [0.15, 0.2) is 218 Å². The van der Waals surface area contributed by atoms with E-state index in [2.05, 4.69) is 42.5 Å². The molecule has 0 amide bonds. The molecule has 0 spiro atoms. The van der Waals surface area contributed by atoms with Crippen molar-refractivity contribution in [3.8, 4) is 73.2 Å². The molecule has 3 aromatic heterocycles. The van der Waals surface area contributed by atoms with Gasteiger partial charge < -0.3 is 4.57 Å². The molecule has 0 saturated carbocycles. The maximum absolute atomic E-state index is 9.57. The summed E-state index contributed by atoms with van der Waals surface area (Å²) < 4.78 is 77.2. The number of hydrogen-bond acceptors (Lipinski definition) is 4. The van der Waals surface area contributed by atoms with Gasteiger partial charge in [0.15, 0.2) is 17.5 Å². The Morgan fingerprint density at radius 2 is 0.871 bits per heavy atom. The van der Waals surface area contributed by atoms with Crippen LogP contribution in [-0.2, 0) is 0 Å². The van der Waals surface area contributed by atoms with Crippen LogP contribution in [0.4, 0.5) is 0 Å². The van der Waals surface area contributed by atoms with Gasteiger partial charge in [0.25, 0.3) is 0 Å². The van der Waals surface area contributed by atoms with Gasteiger partial charge in [-0.15, -0.1) is 11.3 Å². The van der Waals surface area contributed by atoms with Gasteiger partial charge in [0, 0.05) is 53.2 Å². The lowest BCUT2D eigenvalue weighted by Gasteiger charge is -2.20. The molecule has 0 aliphatic heterocycles. The van der Waals surface area contributed by atoms with Crippen molar-refractivity contribution in [2.75, 3.05) is 0 Å². The summed E-state index contributed by atoms with van der Waals surface area (Å²) in [5, 5.41) is 2.21. The maximum Gasteiger partial charge on any atom is 0.166 e. The number of fused-ring (bicyclic) bond motifs is 6. The minimum Gasteiger partial charge on any atom is -0.308 e. The van der Waals surface area contributed by atoms with Gasteiger partial charge in [0.05, 0.1) is 27.7 Å². The highest BCUT2D eigenvalue weighted by atomic mass is 32.1.